The van der Waals surface area contributed by atoms with Crippen LogP contribution >= 0.6 is 0 Å². The Morgan fingerprint density at radius 2 is 0.566 bits per heavy atom. The second-order valence-corrected chi connectivity index (χ2v) is 59.3. The Morgan fingerprint density at radius 1 is 0.287 bits per heavy atom. The number of carbonyl (C=O) groups excluding carboxylic acids is 4. The lowest BCUT2D eigenvalue weighted by molar-refractivity contribution is -0.123. The van der Waals surface area contributed by atoms with Crippen molar-refractivity contribution in [1.82, 2.24) is 5.32 Å². The molecule has 13 nitrogen and oxygen atoms in total. The number of amides is 2. The molecule has 0 aliphatic rings. The third kappa shape index (κ3) is 82.7. The fraction of sp³-hybridized carbons (Fsp3) is 0.672. The minimum Gasteiger partial charge on any atom is -0.488 e. The van der Waals surface area contributed by atoms with Gasteiger partial charge in [0.15, 0.2) is 15.6 Å². The number of ketones is 1. The predicted molar refractivity (Wildman–Crippen MR) is 592 cm³/mol. The van der Waals surface area contributed by atoms with E-state index in [9.17, 15) is 27.6 Å². The van der Waals surface area contributed by atoms with Gasteiger partial charge in [-0.05, 0) is 354 Å². The van der Waals surface area contributed by atoms with Gasteiger partial charge in [-0.3, -0.25) is 14.4 Å². The largest absolute Gasteiger partial charge is 0.488 e. The SMILES string of the molecule is CC(C)(C)CC(=O)c1ccc(CC(C)(C)C)cc1.CC(C)(C)CCC(=O)NC(C)(C)C.CC(C)(C)Cc1ccc(C(=O)OC(C)(C)C)cc1.CC(C)(C)Cc1ccc(NC(=O)C(C)(C)C)cc1.CC(C)(C)Cc1ccc(NC(C)(C)C)cc1.CC(C)(C)Cc1ccc(OC(C)(C)C)cc1.CC(C)(C)Cc1ccc(S(=O)(=O)CC(C)(C)C)cc1.CC(C)(C)OC(C)(C)C.CC(C)(C)OC(C)(C)C. The van der Waals surface area contributed by atoms with E-state index in [4.69, 9.17) is 18.9 Å². The molecule has 2 amide bonds. The Labute approximate surface area is 839 Å². The zero-order valence-electron chi connectivity index (χ0n) is 97.9. The van der Waals surface area contributed by atoms with Crippen LogP contribution in [-0.2, 0) is 72.2 Å². The van der Waals surface area contributed by atoms with Crippen LogP contribution in [-0.4, -0.2) is 82.4 Å². The van der Waals surface area contributed by atoms with Gasteiger partial charge in [0.05, 0.1) is 38.6 Å². The van der Waals surface area contributed by atoms with Crippen molar-refractivity contribution in [3.63, 3.8) is 0 Å². The third-order valence-electron chi connectivity index (χ3n) is 17.4. The second kappa shape index (κ2) is 53.6. The lowest BCUT2D eigenvalue weighted by Crippen LogP contribution is -2.40. The van der Waals surface area contributed by atoms with E-state index >= 15 is 0 Å². The molecule has 0 aliphatic heterocycles. The molecule has 0 saturated carbocycles. The first kappa shape index (κ1) is 133. The Morgan fingerprint density at radius 3 is 0.801 bits per heavy atom. The molecule has 0 spiro atoms. The number of hydrogen-bond donors (Lipinski definition) is 3. The van der Waals surface area contributed by atoms with Gasteiger partial charge in [0, 0.05) is 46.3 Å². The van der Waals surface area contributed by atoms with Crippen LogP contribution < -0.4 is 20.7 Å². The van der Waals surface area contributed by atoms with E-state index < -0.39 is 15.4 Å². The highest BCUT2D eigenvalue weighted by atomic mass is 32.2. The maximum Gasteiger partial charge on any atom is 0.338 e. The van der Waals surface area contributed by atoms with Crippen LogP contribution in [0.25, 0.3) is 0 Å². The zero-order chi connectivity index (χ0) is 108. The maximum absolute atomic E-state index is 12.2. The first-order valence-electron chi connectivity index (χ1n) is 50.0. The topological polar surface area (TPSA) is 175 Å². The number of esters is 1. The fourth-order valence-corrected chi connectivity index (χ4v) is 15.5. The Kier molecular flexibility index (Phi) is 52.5. The maximum atomic E-state index is 12.2. The summed E-state index contributed by atoms with van der Waals surface area (Å²) in [6, 6.07) is 48.5. The smallest absolute Gasteiger partial charge is 0.338 e. The van der Waals surface area contributed by atoms with E-state index in [2.05, 4.69) is 380 Å². The zero-order valence-corrected chi connectivity index (χ0v) is 98.7. The summed E-state index contributed by atoms with van der Waals surface area (Å²) in [5, 5.41) is 9.36. The molecule has 0 heterocycles. The molecule has 778 valence electrons. The van der Waals surface area contributed by atoms with Gasteiger partial charge in [0.25, 0.3) is 0 Å². The van der Waals surface area contributed by atoms with Gasteiger partial charge >= 0.3 is 5.97 Å². The Balaban J connectivity index is -0.00000148. The normalized spacial score (nSPS) is 12.9. The molecule has 0 radical (unpaired) electrons. The fourth-order valence-electron chi connectivity index (χ4n) is 13.6. The van der Waals surface area contributed by atoms with Crippen molar-refractivity contribution in [1.29, 1.82) is 0 Å². The van der Waals surface area contributed by atoms with Gasteiger partial charge in [0.2, 0.25) is 11.8 Å². The van der Waals surface area contributed by atoms with Gasteiger partial charge in [-0.15, -0.1) is 0 Å². The molecular formula is C122H209N3O10S. The molecule has 6 aromatic rings. The molecule has 0 aliphatic carbocycles. The quantitative estimate of drug-likeness (QED) is 0.0621. The number of carbonyl (C=O) groups is 4. The van der Waals surface area contributed by atoms with E-state index in [1.165, 1.54) is 39.1 Å². The molecule has 0 saturated heterocycles. The molecule has 136 heavy (non-hydrogen) atoms. The summed E-state index contributed by atoms with van der Waals surface area (Å²) >= 11 is 0. The van der Waals surface area contributed by atoms with Crippen LogP contribution in [0, 0.1) is 54.1 Å². The minimum absolute atomic E-state index is 0.0156. The molecule has 0 atom stereocenters. The van der Waals surface area contributed by atoms with Gasteiger partial charge in [0.1, 0.15) is 17.0 Å². The highest BCUT2D eigenvalue weighted by molar-refractivity contribution is 7.91. The van der Waals surface area contributed by atoms with Crippen molar-refractivity contribution in [2.75, 3.05) is 16.4 Å². The minimum atomic E-state index is -3.18. The van der Waals surface area contributed by atoms with Crippen molar-refractivity contribution in [3.05, 3.63) is 190 Å². The standard InChI is InChI=1S/C17H26O.C16H25NO.C16H26O2S.C16H24O2.C15H25N.C15H24O.C11H23NO.2C8H18O/c1-16(2,3)11-13-7-9-14(10-8-13)15(18)12-17(4,5)6;1-15(2,3)11-12-7-9-13(10-8-12)17-14(18)16(4,5)6;1-15(2,3)11-13-7-9-14(10-8-13)19(17,18)12-16(4,5)6;1-15(2,3)11-12-7-9-13(10-8-12)14(17)18-16(4,5)6;2*1-14(2,3)11-12-7-9-13(10-8-12)16-15(4,5)6;1-10(2,3)8-7-9(13)12-11(4,5)6;2*1-7(2,3)9-8(4,5)6/h7-10H,11-12H2,1-6H3;7-10H,11H2,1-6H3,(H,17,18);7-10H,11-12H2,1-6H3;7-10H,11H2,1-6H3;7-10,16H,11H2,1-6H3;7-10H,11H2,1-6H3;7-8H2,1-6H3,(H,12,13);2*1-6H3. The highest BCUT2D eigenvalue weighted by Gasteiger charge is 2.28. The molecule has 0 bridgehead atoms. The number of anilines is 2. The molecule has 3 N–H and O–H groups in total. The highest BCUT2D eigenvalue weighted by Crippen LogP contribution is 2.32. The van der Waals surface area contributed by atoms with Crippen molar-refractivity contribution < 1.29 is 46.5 Å². The first-order valence-corrected chi connectivity index (χ1v) is 51.6. The lowest BCUT2D eigenvalue weighted by Gasteiger charge is -2.30. The van der Waals surface area contributed by atoms with Crippen LogP contribution in [0.4, 0.5) is 11.4 Å². The summed E-state index contributed by atoms with van der Waals surface area (Å²) in [5.41, 5.74) is 12.2. The summed E-state index contributed by atoms with van der Waals surface area (Å²) in [7, 11) is -3.18. The van der Waals surface area contributed by atoms with Gasteiger partial charge in [-0.1, -0.05) is 293 Å². The summed E-state index contributed by atoms with van der Waals surface area (Å²) in [4.78, 5) is 47.6. The van der Waals surface area contributed by atoms with Crippen LogP contribution in [0.15, 0.2) is 150 Å². The number of ether oxygens (including phenoxy) is 4. The second-order valence-electron chi connectivity index (χ2n) is 57.3. The Bertz CT molecular complexity index is 4220. The van der Waals surface area contributed by atoms with E-state index in [1.54, 1.807) is 12.1 Å². The van der Waals surface area contributed by atoms with Crippen LogP contribution in [0.5, 0.6) is 5.75 Å². The van der Waals surface area contributed by atoms with Crippen LogP contribution in [0.3, 0.4) is 0 Å². The molecule has 0 fully saturated rings. The van der Waals surface area contributed by atoms with Crippen LogP contribution in [0.2, 0.25) is 0 Å². The first-order chi connectivity index (χ1) is 59.9. The molecule has 0 aromatic heterocycles. The third-order valence-corrected chi connectivity index (χ3v) is 19.7. The van der Waals surface area contributed by atoms with Crippen molar-refractivity contribution in [2.45, 2.75) is 481 Å². The predicted octanol–water partition coefficient (Wildman–Crippen LogP) is 34.3. The average molecular weight is 1910 g/mol. The number of Topliss-reactive ketones (excluding diaryl/α,β-unsaturated/α-hetero) is 1. The van der Waals surface area contributed by atoms with E-state index in [0.29, 0.717) is 34.1 Å². The van der Waals surface area contributed by atoms with Crippen molar-refractivity contribution >= 4 is 44.8 Å². The van der Waals surface area contributed by atoms with E-state index in [0.717, 1.165) is 61.9 Å². The van der Waals surface area contributed by atoms with Crippen molar-refractivity contribution in [3.8, 4) is 5.75 Å². The summed E-state index contributed by atoms with van der Waals surface area (Å²) < 4.78 is 46.9. The number of rotatable bonds is 16. The monoisotopic (exact) mass is 1910 g/mol. The number of sulfone groups is 1. The van der Waals surface area contributed by atoms with E-state index in [-0.39, 0.29) is 112 Å². The summed E-state index contributed by atoms with van der Waals surface area (Å²) in [5.74, 6) is 1.31. The molecule has 6 rings (SSSR count). The molecular weight excluding hydrogens is 1700 g/mol. The number of benzene rings is 6. The van der Waals surface area contributed by atoms with Gasteiger partial charge < -0.3 is 34.9 Å². The average Bonchev–Trinajstić information content (AvgIpc) is 0.817. The van der Waals surface area contributed by atoms with Gasteiger partial charge in [-0.25, -0.2) is 13.2 Å². The summed E-state index contributed by atoms with van der Waals surface area (Å²) in [6.45, 7) is 114. The number of hydrogen-bond acceptors (Lipinski definition) is 11. The number of nitrogens with one attached hydrogen (secondary N) is 3. The Hall–Kier alpha value is -7.13. The van der Waals surface area contributed by atoms with Crippen LogP contribution in [0.1, 0.15) is 447 Å². The lowest BCUT2D eigenvalue weighted by atomic mass is 9.86. The molecule has 6 aromatic carbocycles. The van der Waals surface area contributed by atoms with Crippen molar-refractivity contribution in [2.24, 2.45) is 54.1 Å². The van der Waals surface area contributed by atoms with Gasteiger partial charge in [-0.2, -0.15) is 0 Å². The molecule has 0 unspecified atom stereocenters. The molecule has 14 heteroatoms. The van der Waals surface area contributed by atoms with E-state index in [1.807, 2.05) is 144 Å². The summed E-state index contributed by atoms with van der Waals surface area (Å²) in [6.07, 6.45) is 8.43.